The van der Waals surface area contributed by atoms with E-state index in [1.165, 1.54) is 23.5 Å². The number of amides is 1. The number of carbonyl (C=O) groups excluding carboxylic acids is 1. The van der Waals surface area contributed by atoms with Gasteiger partial charge in [-0.1, -0.05) is 12.1 Å². The number of hydrogen-bond donors (Lipinski definition) is 0. The van der Waals surface area contributed by atoms with Crippen LogP contribution in [0.15, 0.2) is 29.6 Å². The highest BCUT2D eigenvalue weighted by Crippen LogP contribution is 2.32. The summed E-state index contributed by atoms with van der Waals surface area (Å²) < 4.78 is 13.2. The predicted molar refractivity (Wildman–Crippen MR) is 93.5 cm³/mol. The molecule has 1 aromatic carbocycles. The first-order valence-electron chi connectivity index (χ1n) is 8.20. The number of likely N-dealkylation sites (tertiary alicyclic amines) is 1. The Morgan fingerprint density at radius 3 is 2.79 bits per heavy atom. The maximum atomic E-state index is 13.2. The molecule has 128 valence electrons. The Morgan fingerprint density at radius 2 is 2.08 bits per heavy atom. The van der Waals surface area contributed by atoms with E-state index in [2.05, 4.69) is 4.98 Å². The summed E-state index contributed by atoms with van der Waals surface area (Å²) in [5.74, 6) is -0.273. The lowest BCUT2D eigenvalue weighted by atomic mass is 9.95. The molecule has 24 heavy (non-hydrogen) atoms. The Balaban J connectivity index is 1.80. The highest BCUT2D eigenvalue weighted by Gasteiger charge is 2.29. The van der Waals surface area contributed by atoms with E-state index in [1.807, 2.05) is 29.3 Å². The molecular formula is C18H22FN3OS. The summed E-state index contributed by atoms with van der Waals surface area (Å²) in [6.45, 7) is 1.46. The second kappa shape index (κ2) is 7.40. The maximum absolute atomic E-state index is 13.2. The van der Waals surface area contributed by atoms with E-state index < -0.39 is 0 Å². The first-order valence-corrected chi connectivity index (χ1v) is 9.08. The number of hydrogen-bond acceptors (Lipinski definition) is 4. The quantitative estimate of drug-likeness (QED) is 0.846. The molecule has 1 aliphatic heterocycles. The van der Waals surface area contributed by atoms with Gasteiger partial charge in [0, 0.05) is 18.5 Å². The van der Waals surface area contributed by atoms with Crippen molar-refractivity contribution in [3.05, 3.63) is 51.7 Å². The van der Waals surface area contributed by atoms with Crippen molar-refractivity contribution in [1.29, 1.82) is 0 Å². The van der Waals surface area contributed by atoms with Crippen molar-refractivity contribution in [2.45, 2.75) is 31.8 Å². The summed E-state index contributed by atoms with van der Waals surface area (Å²) >= 11 is 1.52. The van der Waals surface area contributed by atoms with E-state index in [0.29, 0.717) is 5.69 Å². The standard InChI is InChI=1S/C18H22FN3OS/c1-21(2)11-17-20-15(12-24-17)18(23)22-10-4-3-5-16(22)13-6-8-14(19)9-7-13/h6-9,12,16H,3-5,10-11H2,1-2H3/t16-/m1/s1. The number of benzene rings is 1. The molecule has 1 aliphatic rings. The Labute approximate surface area is 145 Å². The molecule has 0 bridgehead atoms. The van der Waals surface area contributed by atoms with Crippen LogP contribution in [-0.2, 0) is 6.54 Å². The molecule has 0 N–H and O–H groups in total. The average molecular weight is 347 g/mol. The fourth-order valence-corrected chi connectivity index (χ4v) is 3.99. The molecule has 1 aromatic heterocycles. The van der Waals surface area contributed by atoms with E-state index in [-0.39, 0.29) is 17.8 Å². The molecular weight excluding hydrogens is 325 g/mol. The number of halogens is 1. The van der Waals surface area contributed by atoms with Crippen LogP contribution in [0.5, 0.6) is 0 Å². The molecule has 0 unspecified atom stereocenters. The third kappa shape index (κ3) is 3.82. The van der Waals surface area contributed by atoms with Crippen molar-refractivity contribution >= 4 is 17.2 Å². The van der Waals surface area contributed by atoms with Crippen molar-refractivity contribution in [2.75, 3.05) is 20.6 Å². The van der Waals surface area contributed by atoms with E-state index in [0.717, 1.165) is 42.9 Å². The fourth-order valence-electron chi connectivity index (χ4n) is 3.11. The lowest BCUT2D eigenvalue weighted by Crippen LogP contribution is -2.38. The number of rotatable bonds is 4. The smallest absolute Gasteiger partial charge is 0.273 e. The molecule has 1 fully saturated rings. The molecule has 0 saturated carbocycles. The van der Waals surface area contributed by atoms with Gasteiger partial charge in [0.1, 0.15) is 16.5 Å². The molecule has 0 spiro atoms. The van der Waals surface area contributed by atoms with Crippen molar-refractivity contribution in [1.82, 2.24) is 14.8 Å². The molecule has 3 rings (SSSR count). The van der Waals surface area contributed by atoms with Crippen molar-refractivity contribution in [2.24, 2.45) is 0 Å². The molecule has 0 aliphatic carbocycles. The number of thiazole rings is 1. The summed E-state index contributed by atoms with van der Waals surface area (Å²) in [4.78, 5) is 21.4. The molecule has 4 nitrogen and oxygen atoms in total. The Hall–Kier alpha value is -1.79. The first-order chi connectivity index (χ1) is 11.5. The van der Waals surface area contributed by atoms with Crippen LogP contribution >= 0.6 is 11.3 Å². The number of aromatic nitrogens is 1. The van der Waals surface area contributed by atoms with Gasteiger partial charge in [0.25, 0.3) is 5.91 Å². The van der Waals surface area contributed by atoms with Crippen molar-refractivity contribution in [3.63, 3.8) is 0 Å². The zero-order valence-electron chi connectivity index (χ0n) is 14.0. The lowest BCUT2D eigenvalue weighted by molar-refractivity contribution is 0.0606. The summed E-state index contributed by atoms with van der Waals surface area (Å²) in [6.07, 6.45) is 2.99. The second-order valence-corrected chi connectivity index (χ2v) is 7.37. The molecule has 0 radical (unpaired) electrons. The highest BCUT2D eigenvalue weighted by molar-refractivity contribution is 7.09. The Bertz CT molecular complexity index is 699. The van der Waals surface area contributed by atoms with E-state index in [9.17, 15) is 9.18 Å². The van der Waals surface area contributed by atoms with Gasteiger partial charge in [-0.15, -0.1) is 11.3 Å². The third-order valence-electron chi connectivity index (χ3n) is 4.24. The van der Waals surface area contributed by atoms with Crippen LogP contribution in [0.2, 0.25) is 0 Å². The first kappa shape index (κ1) is 17.0. The minimum atomic E-state index is -0.250. The topological polar surface area (TPSA) is 36.4 Å². The summed E-state index contributed by atoms with van der Waals surface area (Å²) in [5, 5.41) is 2.79. The normalized spacial score (nSPS) is 18.2. The third-order valence-corrected chi connectivity index (χ3v) is 5.07. The minimum Gasteiger partial charge on any atom is -0.330 e. The van der Waals surface area contributed by atoms with Gasteiger partial charge < -0.3 is 9.80 Å². The Morgan fingerprint density at radius 1 is 1.33 bits per heavy atom. The monoisotopic (exact) mass is 347 g/mol. The van der Waals surface area contributed by atoms with Crippen LogP contribution in [0, 0.1) is 5.82 Å². The second-order valence-electron chi connectivity index (χ2n) is 6.43. The van der Waals surface area contributed by atoms with Gasteiger partial charge in [-0.05, 0) is 51.1 Å². The maximum Gasteiger partial charge on any atom is 0.273 e. The zero-order valence-corrected chi connectivity index (χ0v) is 14.9. The van der Waals surface area contributed by atoms with E-state index in [4.69, 9.17) is 0 Å². The molecule has 2 aromatic rings. The number of piperidine rings is 1. The lowest BCUT2D eigenvalue weighted by Gasteiger charge is -2.35. The molecule has 6 heteroatoms. The van der Waals surface area contributed by atoms with Crippen molar-refractivity contribution in [3.8, 4) is 0 Å². The Kier molecular flexibility index (Phi) is 5.26. The largest absolute Gasteiger partial charge is 0.330 e. The van der Waals surface area contributed by atoms with Gasteiger partial charge in [-0.2, -0.15) is 0 Å². The molecule has 2 heterocycles. The van der Waals surface area contributed by atoms with E-state index in [1.54, 1.807) is 12.1 Å². The summed E-state index contributed by atoms with van der Waals surface area (Å²) in [7, 11) is 3.97. The number of carbonyl (C=O) groups is 1. The van der Waals surface area contributed by atoms with Crippen LogP contribution in [-0.4, -0.2) is 41.3 Å². The van der Waals surface area contributed by atoms with Crippen LogP contribution in [0.4, 0.5) is 4.39 Å². The molecule has 1 saturated heterocycles. The van der Waals surface area contributed by atoms with E-state index >= 15 is 0 Å². The molecule has 1 amide bonds. The van der Waals surface area contributed by atoms with Crippen LogP contribution in [0.25, 0.3) is 0 Å². The van der Waals surface area contributed by atoms with Gasteiger partial charge in [-0.25, -0.2) is 9.37 Å². The SMILES string of the molecule is CN(C)Cc1nc(C(=O)N2CCCC[C@@H]2c2ccc(F)cc2)cs1. The van der Waals surface area contributed by atoms with Gasteiger partial charge in [-0.3, -0.25) is 4.79 Å². The zero-order chi connectivity index (χ0) is 17.1. The minimum absolute atomic E-state index is 0.00542. The predicted octanol–water partition coefficient (Wildman–Crippen LogP) is 3.71. The van der Waals surface area contributed by atoms with Crippen LogP contribution in [0.1, 0.15) is 46.4 Å². The summed E-state index contributed by atoms with van der Waals surface area (Å²) in [6, 6.07) is 6.49. The van der Waals surface area contributed by atoms with Gasteiger partial charge in [0.2, 0.25) is 0 Å². The van der Waals surface area contributed by atoms with Crippen LogP contribution < -0.4 is 0 Å². The van der Waals surface area contributed by atoms with Gasteiger partial charge in [0.15, 0.2) is 0 Å². The van der Waals surface area contributed by atoms with Gasteiger partial charge in [0.05, 0.1) is 6.04 Å². The highest BCUT2D eigenvalue weighted by atomic mass is 32.1. The van der Waals surface area contributed by atoms with Crippen molar-refractivity contribution < 1.29 is 9.18 Å². The van der Waals surface area contributed by atoms with Gasteiger partial charge >= 0.3 is 0 Å². The number of nitrogens with zero attached hydrogens (tertiary/aromatic N) is 3. The molecule has 1 atom stereocenters. The van der Waals surface area contributed by atoms with Crippen LogP contribution in [0.3, 0.4) is 0 Å². The average Bonchev–Trinajstić information content (AvgIpc) is 3.02. The fraction of sp³-hybridized carbons (Fsp3) is 0.444. The summed E-state index contributed by atoms with van der Waals surface area (Å²) in [5.41, 5.74) is 1.51.